The number of esters is 1. The van der Waals surface area contributed by atoms with Crippen molar-refractivity contribution in [2.45, 2.75) is 83.1 Å². The average molecular weight is 597 g/mol. The molecule has 3 saturated carbocycles. The molecule has 0 unspecified atom stereocenters. The molecule has 0 spiro atoms. The number of fused-ring (bicyclic) bond motifs is 6. The lowest BCUT2D eigenvalue weighted by molar-refractivity contribution is -0.228. The number of allylic oxidation sites excluding steroid dienone is 1. The molecule has 8 nitrogen and oxygen atoms in total. The molecule has 11 heteroatoms. The number of ether oxygens (including phenoxy) is 1. The van der Waals surface area contributed by atoms with Crippen LogP contribution < -0.4 is 0 Å². The van der Waals surface area contributed by atoms with E-state index in [1.54, 1.807) is 23.9 Å². The number of carbonyl (C=O) groups excluding carboxylic acids is 2. The minimum Gasteiger partial charge on any atom is -0.449 e. The van der Waals surface area contributed by atoms with Crippen LogP contribution in [0.3, 0.4) is 0 Å². The smallest absolute Gasteiger partial charge is 0.306 e. The fourth-order valence-electron chi connectivity index (χ4n) is 8.77. The van der Waals surface area contributed by atoms with Gasteiger partial charge in [-0.05, 0) is 68.2 Å². The van der Waals surface area contributed by atoms with Gasteiger partial charge in [-0.15, -0.1) is 0 Å². The van der Waals surface area contributed by atoms with Gasteiger partial charge in [0.2, 0.25) is 11.1 Å². The number of hydrogen-bond donors (Lipinski definition) is 1. The molecule has 1 N–H and O–H groups in total. The first-order chi connectivity index (χ1) is 19.9. The minimum absolute atomic E-state index is 0.0449. The summed E-state index contributed by atoms with van der Waals surface area (Å²) in [6.45, 7) is 5.39. The van der Waals surface area contributed by atoms with Crippen LogP contribution in [0.2, 0.25) is 0 Å². The first-order valence-electron chi connectivity index (χ1n) is 14.5. The number of nitriles is 1. The van der Waals surface area contributed by atoms with Crippen molar-refractivity contribution >= 4 is 28.9 Å². The summed E-state index contributed by atoms with van der Waals surface area (Å²) in [5.74, 6) is -2.08. The molecule has 2 aromatic heterocycles. The van der Waals surface area contributed by atoms with Crippen LogP contribution in [0.5, 0.6) is 0 Å². The maximum atomic E-state index is 18.0. The first-order valence-corrected chi connectivity index (χ1v) is 15.5. The summed E-state index contributed by atoms with van der Waals surface area (Å²) in [6, 6.07) is 4.83. The molecule has 222 valence electrons. The Morgan fingerprint density at radius 1 is 1.26 bits per heavy atom. The molecule has 0 aliphatic heterocycles. The number of alkyl halides is 1. The number of carbonyl (C=O) groups is 2. The van der Waals surface area contributed by atoms with Gasteiger partial charge in [-0.25, -0.2) is 14.1 Å². The zero-order valence-electron chi connectivity index (χ0n) is 23.9. The molecule has 4 aliphatic rings. The number of halogens is 2. The van der Waals surface area contributed by atoms with E-state index < -0.39 is 51.2 Å². The van der Waals surface area contributed by atoms with Crippen LogP contribution in [0.25, 0.3) is 11.8 Å². The van der Waals surface area contributed by atoms with Crippen molar-refractivity contribution in [3.05, 3.63) is 47.3 Å². The maximum absolute atomic E-state index is 18.0. The lowest BCUT2D eigenvalue weighted by atomic mass is 9.44. The minimum atomic E-state index is -1.99. The number of thioether (sulfide) groups is 1. The lowest BCUT2D eigenvalue weighted by Crippen LogP contribution is -2.70. The van der Waals surface area contributed by atoms with E-state index in [0.717, 1.165) is 28.6 Å². The molecule has 2 aromatic rings. The van der Waals surface area contributed by atoms with Crippen LogP contribution in [0.15, 0.2) is 30.1 Å². The molecule has 3 fully saturated rings. The number of nitrogens with zero attached hydrogens (tertiary/aromatic N) is 4. The van der Waals surface area contributed by atoms with Crippen LogP contribution in [-0.4, -0.2) is 54.1 Å². The number of aliphatic hydroxyl groups is 1. The summed E-state index contributed by atoms with van der Waals surface area (Å²) >= 11 is 0.824. The van der Waals surface area contributed by atoms with E-state index in [0.29, 0.717) is 31.4 Å². The predicted molar refractivity (Wildman–Crippen MR) is 151 cm³/mol. The van der Waals surface area contributed by atoms with E-state index >= 15 is 4.39 Å². The monoisotopic (exact) mass is 596 g/mol. The third kappa shape index (κ3) is 3.80. The van der Waals surface area contributed by atoms with Gasteiger partial charge in [0.05, 0.1) is 41.7 Å². The molecular formula is C31H34F2N4O4S. The molecule has 0 bridgehead atoms. The standard InChI is InChI=1S/C31H34F2N4O4S/c1-4-26(39)41-30(27(40)42-12-11-34)10-9-21-22-7-5-19-13-23-18(16-36-37(23)20-6-8-25(32)35-17-20)14-28(19,2)31(22,33)24(38)15-29(21,30)3/h6,8,13,16-17,21-22,24,38H,4-5,7,9-10,12,14-15H2,1-3H3/t21-,22-,24-,28-,29-,30-,31-/m0/s1. The summed E-state index contributed by atoms with van der Waals surface area (Å²) in [5.41, 5.74) is -2.45. The summed E-state index contributed by atoms with van der Waals surface area (Å²) in [7, 11) is 0. The van der Waals surface area contributed by atoms with Crippen LogP contribution in [0.1, 0.15) is 70.6 Å². The Labute approximate surface area is 247 Å². The quantitative estimate of drug-likeness (QED) is 0.373. The summed E-state index contributed by atoms with van der Waals surface area (Å²) in [4.78, 5) is 30.1. The highest BCUT2D eigenvalue weighted by molar-refractivity contribution is 8.14. The van der Waals surface area contributed by atoms with E-state index in [9.17, 15) is 19.1 Å². The van der Waals surface area contributed by atoms with Crippen molar-refractivity contribution in [3.63, 3.8) is 0 Å². The van der Waals surface area contributed by atoms with Gasteiger partial charge in [-0.1, -0.05) is 38.1 Å². The molecular weight excluding hydrogens is 562 g/mol. The van der Waals surface area contributed by atoms with Crippen molar-refractivity contribution < 1.29 is 28.2 Å². The summed E-state index contributed by atoms with van der Waals surface area (Å²) < 4.78 is 39.1. The molecule has 7 atom stereocenters. The van der Waals surface area contributed by atoms with Crippen molar-refractivity contribution in [2.24, 2.45) is 22.7 Å². The molecule has 0 saturated heterocycles. The normalized spacial score (nSPS) is 36.5. The van der Waals surface area contributed by atoms with E-state index in [1.165, 1.54) is 12.3 Å². The van der Waals surface area contributed by atoms with Crippen molar-refractivity contribution in [2.75, 3.05) is 5.75 Å². The average Bonchev–Trinajstić information content (AvgIpc) is 3.49. The Kier molecular flexibility index (Phi) is 6.89. The third-order valence-corrected chi connectivity index (χ3v) is 11.7. The molecule has 0 amide bonds. The fourth-order valence-corrected chi connectivity index (χ4v) is 9.57. The Morgan fingerprint density at radius 3 is 2.74 bits per heavy atom. The SMILES string of the molecule is CCC(=O)O[C@]1(C(=O)SCC#N)CC[C@H]2[C@@H]3CCC4=Cc5c(cnn5-c5ccc(F)nc5)C[C@]4(C)[C@@]3(F)[C@@H](O)C[C@@]21C. The summed E-state index contributed by atoms with van der Waals surface area (Å²) in [6.07, 6.45) is 5.77. The predicted octanol–water partition coefficient (Wildman–Crippen LogP) is 5.13. The van der Waals surface area contributed by atoms with Gasteiger partial charge in [0.1, 0.15) is 5.67 Å². The van der Waals surface area contributed by atoms with Crippen LogP contribution in [0, 0.1) is 39.9 Å². The van der Waals surface area contributed by atoms with Crippen molar-refractivity contribution in [1.29, 1.82) is 5.26 Å². The molecule has 0 aromatic carbocycles. The Morgan fingerprint density at radius 2 is 2.05 bits per heavy atom. The fraction of sp³-hybridized carbons (Fsp3) is 0.581. The first kappa shape index (κ1) is 29.0. The van der Waals surface area contributed by atoms with Crippen molar-refractivity contribution in [1.82, 2.24) is 14.8 Å². The van der Waals surface area contributed by atoms with Crippen LogP contribution in [0.4, 0.5) is 8.78 Å². The maximum Gasteiger partial charge on any atom is 0.306 e. The highest BCUT2D eigenvalue weighted by atomic mass is 32.2. The Balaban J connectivity index is 1.39. The number of pyridine rings is 1. The van der Waals surface area contributed by atoms with E-state index in [-0.39, 0.29) is 30.9 Å². The van der Waals surface area contributed by atoms with E-state index in [1.807, 2.05) is 26.0 Å². The van der Waals surface area contributed by atoms with E-state index in [2.05, 4.69) is 10.1 Å². The van der Waals surface area contributed by atoms with Gasteiger partial charge in [-0.3, -0.25) is 9.59 Å². The highest BCUT2D eigenvalue weighted by Crippen LogP contribution is 2.71. The second-order valence-electron chi connectivity index (χ2n) is 12.6. The topological polar surface area (TPSA) is 118 Å². The van der Waals surface area contributed by atoms with Gasteiger partial charge in [0.15, 0.2) is 5.60 Å². The molecule has 6 rings (SSSR count). The zero-order chi connectivity index (χ0) is 30.1. The van der Waals surface area contributed by atoms with Crippen LogP contribution in [-0.2, 0) is 20.7 Å². The Bertz CT molecular complexity index is 1520. The molecule has 4 aliphatic carbocycles. The number of rotatable bonds is 5. The second-order valence-corrected chi connectivity index (χ2v) is 13.5. The molecule has 42 heavy (non-hydrogen) atoms. The third-order valence-electron chi connectivity index (χ3n) is 10.8. The number of hydrogen-bond acceptors (Lipinski definition) is 8. The lowest BCUT2D eigenvalue weighted by Gasteiger charge is -2.63. The van der Waals surface area contributed by atoms with Gasteiger partial charge in [0.25, 0.3) is 0 Å². The largest absolute Gasteiger partial charge is 0.449 e. The highest BCUT2D eigenvalue weighted by Gasteiger charge is 2.75. The van der Waals surface area contributed by atoms with Crippen LogP contribution >= 0.6 is 11.8 Å². The van der Waals surface area contributed by atoms with Gasteiger partial charge in [0, 0.05) is 23.2 Å². The molecule has 0 radical (unpaired) electrons. The van der Waals surface area contributed by atoms with E-state index in [4.69, 9.17) is 10.00 Å². The van der Waals surface area contributed by atoms with Crippen molar-refractivity contribution in [3.8, 4) is 11.8 Å². The summed E-state index contributed by atoms with van der Waals surface area (Å²) in [5, 5.41) is 25.1. The second kappa shape index (κ2) is 9.98. The number of aliphatic hydroxyl groups excluding tert-OH is 1. The van der Waals surface area contributed by atoms with Gasteiger partial charge < -0.3 is 9.84 Å². The number of aromatic nitrogens is 3. The molecule has 2 heterocycles. The van der Waals surface area contributed by atoms with Gasteiger partial charge in [-0.2, -0.15) is 14.8 Å². The van der Waals surface area contributed by atoms with Gasteiger partial charge >= 0.3 is 5.97 Å². The Hall–Kier alpha value is -3.10. The zero-order valence-corrected chi connectivity index (χ0v) is 24.7.